The van der Waals surface area contributed by atoms with E-state index in [1.807, 2.05) is 0 Å². The highest BCUT2D eigenvalue weighted by molar-refractivity contribution is 5.71. The molecule has 76 heavy (non-hydrogen) atoms. The smallest absolute Gasteiger partial charge is 0.306 e. The molecule has 0 aliphatic rings. The van der Waals surface area contributed by atoms with Gasteiger partial charge in [-0.1, -0.05) is 266 Å². The molecule has 0 aromatic rings. The van der Waals surface area contributed by atoms with Gasteiger partial charge in [0, 0.05) is 19.3 Å². The lowest BCUT2D eigenvalue weighted by atomic mass is 10.1. The zero-order valence-electron chi connectivity index (χ0n) is 50.3. The Bertz CT molecular complexity index is 1450. The van der Waals surface area contributed by atoms with Crippen LogP contribution in [0.4, 0.5) is 0 Å². The van der Waals surface area contributed by atoms with Crippen molar-refractivity contribution in [3.8, 4) is 0 Å². The first-order chi connectivity index (χ1) is 37.5. The summed E-state index contributed by atoms with van der Waals surface area (Å²) in [5.41, 5.74) is 0. The van der Waals surface area contributed by atoms with E-state index in [-0.39, 0.29) is 31.1 Å². The van der Waals surface area contributed by atoms with Crippen molar-refractivity contribution in [3.63, 3.8) is 0 Å². The highest BCUT2D eigenvalue weighted by Gasteiger charge is 2.19. The van der Waals surface area contributed by atoms with E-state index in [2.05, 4.69) is 106 Å². The van der Waals surface area contributed by atoms with Crippen molar-refractivity contribution in [1.82, 2.24) is 0 Å². The predicted molar refractivity (Wildman–Crippen MR) is 330 cm³/mol. The van der Waals surface area contributed by atoms with Gasteiger partial charge in [-0.15, -0.1) is 0 Å². The van der Waals surface area contributed by atoms with Crippen molar-refractivity contribution >= 4 is 17.9 Å². The van der Waals surface area contributed by atoms with Crippen LogP contribution in [0.1, 0.15) is 323 Å². The lowest BCUT2D eigenvalue weighted by Gasteiger charge is -2.18. The molecule has 1 unspecified atom stereocenters. The first-order valence-corrected chi connectivity index (χ1v) is 32.6. The summed E-state index contributed by atoms with van der Waals surface area (Å²) >= 11 is 0. The predicted octanol–water partition coefficient (Wildman–Crippen LogP) is 22.3. The molecule has 6 nitrogen and oxygen atoms in total. The van der Waals surface area contributed by atoms with Gasteiger partial charge in [0.25, 0.3) is 0 Å². The van der Waals surface area contributed by atoms with Crippen LogP contribution in [0.15, 0.2) is 85.1 Å². The zero-order valence-corrected chi connectivity index (χ0v) is 50.3. The third-order valence-corrected chi connectivity index (χ3v) is 14.1. The van der Waals surface area contributed by atoms with Crippen molar-refractivity contribution in [1.29, 1.82) is 0 Å². The fourth-order valence-corrected chi connectivity index (χ4v) is 9.16. The number of rotatable bonds is 59. The number of hydrogen-bond acceptors (Lipinski definition) is 6. The SMILES string of the molecule is CCCCC/C=C\C/C=C\C/C=C\CCCCCCCCC(=O)OC(COC(=O)CCCCCCCCC/C=C\C/C=C\CCCCCC)COC(=O)CCCCCCCCCCC/C=C\C/C=C\CCCCCCC. The summed E-state index contributed by atoms with van der Waals surface area (Å²) in [5.74, 6) is -0.898. The second-order valence-electron chi connectivity index (χ2n) is 21.7. The monoisotopic (exact) mass is 1060 g/mol. The van der Waals surface area contributed by atoms with Crippen LogP contribution in [0.5, 0.6) is 0 Å². The van der Waals surface area contributed by atoms with E-state index in [0.717, 1.165) is 103 Å². The fraction of sp³-hybridized carbons (Fsp3) is 0.757. The van der Waals surface area contributed by atoms with Gasteiger partial charge in [-0.2, -0.15) is 0 Å². The zero-order chi connectivity index (χ0) is 55.0. The summed E-state index contributed by atoms with van der Waals surface area (Å²) in [6.45, 7) is 6.60. The minimum atomic E-state index is -0.791. The Morgan fingerprint density at radius 1 is 0.263 bits per heavy atom. The van der Waals surface area contributed by atoms with Crippen molar-refractivity contribution in [2.75, 3.05) is 13.2 Å². The molecule has 0 bridgehead atoms. The normalized spacial score (nSPS) is 12.6. The van der Waals surface area contributed by atoms with Crippen LogP contribution in [0.25, 0.3) is 0 Å². The number of esters is 3. The molecule has 438 valence electrons. The van der Waals surface area contributed by atoms with Gasteiger partial charge in [0.05, 0.1) is 0 Å². The molecule has 0 saturated carbocycles. The summed E-state index contributed by atoms with van der Waals surface area (Å²) in [5, 5.41) is 0. The number of unbranched alkanes of at least 4 members (excludes halogenated alkanes) is 34. The molecule has 0 aromatic heterocycles. The average molecular weight is 1060 g/mol. The Morgan fingerprint density at radius 3 is 0.776 bits per heavy atom. The molecule has 0 spiro atoms. The molecule has 0 saturated heterocycles. The molecule has 0 amide bonds. The molecule has 1 atom stereocenters. The fourth-order valence-electron chi connectivity index (χ4n) is 9.16. The van der Waals surface area contributed by atoms with E-state index < -0.39 is 6.10 Å². The third kappa shape index (κ3) is 61.4. The second kappa shape index (κ2) is 64.1. The molecule has 0 heterocycles. The molecule has 0 radical (unpaired) electrons. The van der Waals surface area contributed by atoms with Crippen molar-refractivity contribution in [2.45, 2.75) is 329 Å². The molecule has 0 aliphatic heterocycles. The second-order valence-corrected chi connectivity index (χ2v) is 21.7. The van der Waals surface area contributed by atoms with E-state index in [4.69, 9.17) is 14.2 Å². The quantitative estimate of drug-likeness (QED) is 0.0261. The standard InChI is InChI=1S/C70H122O6/c1-4-7-10-13-16-19-22-25-28-31-34-35-37-39-42-45-48-51-54-57-60-63-69(72)75-66-67(65-74-68(71)62-59-56-53-50-47-44-41-38-33-30-27-24-21-18-15-12-9-6-3)76-70(73)64-61-58-55-52-49-46-43-40-36-32-29-26-23-20-17-14-11-8-5-2/h17,20-22,24-26,29-31,33-34,36,40,67H,4-16,18-19,23,27-28,32,35,37-39,41-66H2,1-3H3/b20-17-,24-21-,25-22-,29-26-,33-30-,34-31-,40-36-. The Labute approximate surface area is 471 Å². The van der Waals surface area contributed by atoms with Crippen LogP contribution >= 0.6 is 0 Å². The topological polar surface area (TPSA) is 78.9 Å². The Morgan fingerprint density at radius 2 is 0.474 bits per heavy atom. The first kappa shape index (κ1) is 72.6. The summed E-state index contributed by atoms with van der Waals surface area (Å²) in [7, 11) is 0. The van der Waals surface area contributed by atoms with Crippen LogP contribution in [0, 0.1) is 0 Å². The molecule has 0 fully saturated rings. The van der Waals surface area contributed by atoms with Gasteiger partial charge in [-0.3, -0.25) is 14.4 Å². The minimum Gasteiger partial charge on any atom is -0.462 e. The van der Waals surface area contributed by atoms with E-state index >= 15 is 0 Å². The largest absolute Gasteiger partial charge is 0.462 e. The number of carbonyl (C=O) groups excluding carboxylic acids is 3. The first-order valence-electron chi connectivity index (χ1n) is 32.6. The summed E-state index contributed by atoms with van der Waals surface area (Å²) < 4.78 is 16.9. The van der Waals surface area contributed by atoms with E-state index in [9.17, 15) is 14.4 Å². The lowest BCUT2D eigenvalue weighted by Crippen LogP contribution is -2.30. The Balaban J connectivity index is 4.42. The van der Waals surface area contributed by atoms with E-state index in [1.54, 1.807) is 0 Å². The maximum absolute atomic E-state index is 12.9. The van der Waals surface area contributed by atoms with Crippen LogP contribution < -0.4 is 0 Å². The maximum atomic E-state index is 12.9. The van der Waals surface area contributed by atoms with E-state index in [1.165, 1.54) is 180 Å². The molecule has 0 N–H and O–H groups in total. The van der Waals surface area contributed by atoms with Gasteiger partial charge in [0.1, 0.15) is 13.2 Å². The van der Waals surface area contributed by atoms with Crippen LogP contribution in [-0.2, 0) is 28.6 Å². The van der Waals surface area contributed by atoms with Crippen molar-refractivity contribution in [3.05, 3.63) is 85.1 Å². The third-order valence-electron chi connectivity index (χ3n) is 14.1. The van der Waals surface area contributed by atoms with Crippen molar-refractivity contribution in [2.24, 2.45) is 0 Å². The van der Waals surface area contributed by atoms with Gasteiger partial charge in [0.15, 0.2) is 6.10 Å². The molecular formula is C70H122O6. The van der Waals surface area contributed by atoms with Gasteiger partial charge in [0.2, 0.25) is 0 Å². The number of allylic oxidation sites excluding steroid dienone is 14. The highest BCUT2D eigenvalue weighted by Crippen LogP contribution is 2.16. The lowest BCUT2D eigenvalue weighted by molar-refractivity contribution is -0.167. The van der Waals surface area contributed by atoms with Gasteiger partial charge in [-0.25, -0.2) is 0 Å². The number of carbonyl (C=O) groups is 3. The molecule has 6 heteroatoms. The molecule has 0 rings (SSSR count). The number of hydrogen-bond donors (Lipinski definition) is 0. The summed E-state index contributed by atoms with van der Waals surface area (Å²) in [6, 6.07) is 0. The molecule has 0 aliphatic carbocycles. The highest BCUT2D eigenvalue weighted by atomic mass is 16.6. The average Bonchev–Trinajstić information content (AvgIpc) is 3.42. The van der Waals surface area contributed by atoms with Gasteiger partial charge < -0.3 is 14.2 Å². The maximum Gasteiger partial charge on any atom is 0.306 e. The van der Waals surface area contributed by atoms with Gasteiger partial charge >= 0.3 is 17.9 Å². The molecule has 0 aromatic carbocycles. The summed E-state index contributed by atoms with van der Waals surface area (Å²) in [6.07, 6.45) is 84.3. The number of ether oxygens (including phenoxy) is 3. The minimum absolute atomic E-state index is 0.0861. The van der Waals surface area contributed by atoms with E-state index in [0.29, 0.717) is 19.3 Å². The Hall–Kier alpha value is -3.41. The Kier molecular flexibility index (Phi) is 61.2. The van der Waals surface area contributed by atoms with Crippen LogP contribution in [0.3, 0.4) is 0 Å². The van der Waals surface area contributed by atoms with Crippen LogP contribution in [0.2, 0.25) is 0 Å². The molecular weight excluding hydrogens is 937 g/mol. The van der Waals surface area contributed by atoms with Gasteiger partial charge in [-0.05, 0) is 122 Å². The van der Waals surface area contributed by atoms with Crippen molar-refractivity contribution < 1.29 is 28.6 Å². The van der Waals surface area contributed by atoms with Crippen LogP contribution in [-0.4, -0.2) is 37.2 Å². The summed E-state index contributed by atoms with van der Waals surface area (Å²) in [4.78, 5) is 38.4.